The predicted octanol–water partition coefficient (Wildman–Crippen LogP) is 10.2. The average Bonchev–Trinajstić information content (AvgIpc) is 3.07. The Morgan fingerprint density at radius 1 is 0.455 bits per heavy atom. The molecule has 1 heterocycles. The molecule has 44 heavy (non-hydrogen) atoms. The summed E-state index contributed by atoms with van der Waals surface area (Å²) in [6.07, 6.45) is 1.57. The third-order valence-corrected chi connectivity index (χ3v) is 9.12. The Balaban J connectivity index is 1.22. The minimum Gasteiger partial charge on any atom is -0.456 e. The lowest BCUT2D eigenvalue weighted by Gasteiger charge is -2.30. The largest absolute Gasteiger partial charge is 0.456 e. The van der Waals surface area contributed by atoms with Crippen LogP contribution in [0.3, 0.4) is 0 Å². The third kappa shape index (κ3) is 3.86. The van der Waals surface area contributed by atoms with Crippen molar-refractivity contribution in [1.29, 1.82) is 0 Å². The van der Waals surface area contributed by atoms with Crippen molar-refractivity contribution in [3.8, 4) is 0 Å². The molecule has 3 nitrogen and oxygen atoms in total. The fraction of sp³-hybridized carbons (Fsp3) is 0.0488. The van der Waals surface area contributed by atoms with Crippen molar-refractivity contribution in [3.05, 3.63) is 172 Å². The molecule has 1 aromatic heterocycles. The summed E-state index contributed by atoms with van der Waals surface area (Å²) in [4.78, 5) is 15.7. The Hall–Kier alpha value is -5.67. The Kier molecular flexibility index (Phi) is 5.48. The smallest absolute Gasteiger partial charge is 0.200 e. The van der Waals surface area contributed by atoms with Gasteiger partial charge in [-0.25, -0.2) is 0 Å². The molecule has 208 valence electrons. The highest BCUT2D eigenvalue weighted by Crippen LogP contribution is 2.43. The zero-order chi connectivity index (χ0) is 29.2. The van der Waals surface area contributed by atoms with E-state index >= 15 is 0 Å². The molecule has 0 atom stereocenters. The van der Waals surface area contributed by atoms with Gasteiger partial charge < -0.3 is 9.32 Å². The van der Waals surface area contributed by atoms with Gasteiger partial charge in [-0.1, -0.05) is 91.0 Å². The molecule has 8 aromatic rings. The van der Waals surface area contributed by atoms with Crippen LogP contribution in [0.25, 0.3) is 43.5 Å². The minimum atomic E-state index is 0.0339. The van der Waals surface area contributed by atoms with E-state index in [1.54, 1.807) is 0 Å². The molecule has 0 radical (unpaired) electrons. The molecule has 0 fully saturated rings. The second-order valence-corrected chi connectivity index (χ2v) is 11.7. The van der Waals surface area contributed by atoms with Crippen LogP contribution in [0, 0.1) is 0 Å². The Morgan fingerprint density at radius 2 is 1.02 bits per heavy atom. The predicted molar refractivity (Wildman–Crippen MR) is 182 cm³/mol. The second kappa shape index (κ2) is 9.68. The molecule has 9 rings (SSSR count). The lowest BCUT2D eigenvalue weighted by Crippen LogP contribution is -2.14. The van der Waals surface area contributed by atoms with E-state index in [4.69, 9.17) is 4.42 Å². The van der Waals surface area contributed by atoms with Crippen molar-refractivity contribution < 1.29 is 4.42 Å². The van der Waals surface area contributed by atoms with Gasteiger partial charge in [-0.2, -0.15) is 0 Å². The van der Waals surface area contributed by atoms with Crippen LogP contribution in [0.4, 0.5) is 17.1 Å². The molecule has 7 aromatic carbocycles. The summed E-state index contributed by atoms with van der Waals surface area (Å²) < 4.78 is 6.23. The quantitative estimate of drug-likeness (QED) is 0.200. The molecule has 0 bridgehead atoms. The number of hydrogen-bond acceptors (Lipinski definition) is 3. The first-order chi connectivity index (χ1) is 21.7. The molecule has 1 aliphatic rings. The van der Waals surface area contributed by atoms with Gasteiger partial charge in [0.25, 0.3) is 0 Å². The van der Waals surface area contributed by atoms with Crippen LogP contribution < -0.4 is 10.3 Å². The summed E-state index contributed by atoms with van der Waals surface area (Å²) in [5.74, 6) is 0. The van der Waals surface area contributed by atoms with Gasteiger partial charge in [0.2, 0.25) is 5.43 Å². The average molecular weight is 566 g/mol. The van der Waals surface area contributed by atoms with Crippen LogP contribution in [0.1, 0.15) is 22.3 Å². The maximum Gasteiger partial charge on any atom is 0.200 e. The van der Waals surface area contributed by atoms with E-state index in [1.165, 1.54) is 43.8 Å². The normalized spacial score (nSPS) is 12.5. The standard InChI is InChI=1S/C41H27NO2/c43-41-35-15-5-6-18-39(35)44-40-25-31-22-29-23-32(20-19-28(29)21-30(31)24-36(40)41)42(37-16-7-11-26-9-1-3-13-33(26)37)38-17-8-12-27-10-2-4-14-34(27)38/h1-20,23-25H,21-22H2. The van der Waals surface area contributed by atoms with Crippen molar-refractivity contribution in [2.45, 2.75) is 12.8 Å². The van der Waals surface area contributed by atoms with E-state index in [0.29, 0.717) is 21.9 Å². The van der Waals surface area contributed by atoms with Crippen LogP contribution in [-0.2, 0) is 12.8 Å². The Morgan fingerprint density at radius 3 is 1.75 bits per heavy atom. The van der Waals surface area contributed by atoms with Crippen LogP contribution in [-0.4, -0.2) is 0 Å². The van der Waals surface area contributed by atoms with Crippen molar-refractivity contribution in [2.24, 2.45) is 0 Å². The van der Waals surface area contributed by atoms with Gasteiger partial charge in [0.1, 0.15) is 11.2 Å². The van der Waals surface area contributed by atoms with Crippen molar-refractivity contribution in [2.75, 3.05) is 4.90 Å². The summed E-state index contributed by atoms with van der Waals surface area (Å²) in [6.45, 7) is 0. The second-order valence-electron chi connectivity index (χ2n) is 11.7. The summed E-state index contributed by atoms with van der Waals surface area (Å²) in [6, 6.07) is 48.8. The van der Waals surface area contributed by atoms with E-state index in [1.807, 2.05) is 24.3 Å². The zero-order valence-corrected chi connectivity index (χ0v) is 24.0. The first-order valence-electron chi connectivity index (χ1n) is 15.1. The highest BCUT2D eigenvalue weighted by atomic mass is 16.3. The number of para-hydroxylation sites is 1. The number of anilines is 3. The molecular formula is C41H27NO2. The van der Waals surface area contributed by atoms with E-state index in [-0.39, 0.29) is 5.43 Å². The lowest BCUT2D eigenvalue weighted by atomic mass is 9.85. The van der Waals surface area contributed by atoms with Gasteiger partial charge in [-0.05, 0) is 94.4 Å². The molecular weight excluding hydrogens is 538 g/mol. The van der Waals surface area contributed by atoms with Crippen molar-refractivity contribution >= 4 is 60.5 Å². The maximum atomic E-state index is 13.3. The molecule has 0 saturated carbocycles. The Labute approximate surface area is 254 Å². The fourth-order valence-electron chi connectivity index (χ4n) is 6.98. The number of benzene rings is 7. The zero-order valence-electron chi connectivity index (χ0n) is 24.0. The topological polar surface area (TPSA) is 33.5 Å². The van der Waals surface area contributed by atoms with Gasteiger partial charge in [0, 0.05) is 16.5 Å². The number of rotatable bonds is 3. The fourth-order valence-corrected chi connectivity index (χ4v) is 6.98. The monoisotopic (exact) mass is 565 g/mol. The first-order valence-corrected chi connectivity index (χ1v) is 15.1. The van der Waals surface area contributed by atoms with Crippen LogP contribution in [0.15, 0.2) is 149 Å². The highest BCUT2D eigenvalue weighted by Gasteiger charge is 2.22. The number of nitrogens with zero attached hydrogens (tertiary/aromatic N) is 1. The lowest BCUT2D eigenvalue weighted by molar-refractivity contribution is 0.659. The number of hydrogen-bond donors (Lipinski definition) is 0. The van der Waals surface area contributed by atoms with Crippen molar-refractivity contribution in [1.82, 2.24) is 0 Å². The highest BCUT2D eigenvalue weighted by molar-refractivity contribution is 6.04. The third-order valence-electron chi connectivity index (χ3n) is 9.12. The molecule has 0 aliphatic heterocycles. The first kappa shape index (κ1) is 24.9. The molecule has 0 N–H and O–H groups in total. The molecule has 3 heteroatoms. The summed E-state index contributed by atoms with van der Waals surface area (Å²) in [7, 11) is 0. The van der Waals surface area contributed by atoms with Gasteiger partial charge in [0.15, 0.2) is 0 Å². The minimum absolute atomic E-state index is 0.0339. The van der Waals surface area contributed by atoms with E-state index in [9.17, 15) is 4.79 Å². The summed E-state index contributed by atoms with van der Waals surface area (Å²) in [5, 5.41) is 6.12. The summed E-state index contributed by atoms with van der Waals surface area (Å²) in [5.41, 5.74) is 9.73. The summed E-state index contributed by atoms with van der Waals surface area (Å²) >= 11 is 0. The SMILES string of the molecule is O=c1c2ccccc2oc2cc3c(cc12)Cc1ccc(N(c2cccc4ccccc24)c2cccc4ccccc24)cc1C3. The molecule has 0 amide bonds. The molecule has 0 saturated heterocycles. The van der Waals surface area contributed by atoms with E-state index in [2.05, 4.69) is 120 Å². The van der Waals surface area contributed by atoms with Crippen molar-refractivity contribution in [3.63, 3.8) is 0 Å². The van der Waals surface area contributed by atoms with Crippen LogP contribution in [0.5, 0.6) is 0 Å². The molecule has 0 spiro atoms. The number of fused-ring (bicyclic) bond motifs is 6. The van der Waals surface area contributed by atoms with Crippen LogP contribution in [0.2, 0.25) is 0 Å². The van der Waals surface area contributed by atoms with Gasteiger partial charge in [0.05, 0.1) is 22.1 Å². The maximum absolute atomic E-state index is 13.3. The molecule has 0 unspecified atom stereocenters. The van der Waals surface area contributed by atoms with E-state index < -0.39 is 0 Å². The Bertz CT molecular complexity index is 2400. The van der Waals surface area contributed by atoms with Crippen LogP contribution >= 0.6 is 0 Å². The van der Waals surface area contributed by atoms with Gasteiger partial charge in [-0.15, -0.1) is 0 Å². The molecule has 1 aliphatic carbocycles. The van der Waals surface area contributed by atoms with E-state index in [0.717, 1.165) is 29.9 Å². The van der Waals surface area contributed by atoms with Gasteiger partial charge >= 0.3 is 0 Å². The van der Waals surface area contributed by atoms with Gasteiger partial charge in [-0.3, -0.25) is 4.79 Å².